The van der Waals surface area contributed by atoms with Crippen LogP contribution in [0.15, 0.2) is 11.5 Å². The van der Waals surface area contributed by atoms with Crippen molar-refractivity contribution in [2.75, 3.05) is 5.88 Å². The van der Waals surface area contributed by atoms with Crippen molar-refractivity contribution >= 4 is 17.9 Å². The SMILES string of the molecule is CC1=C(CCl)OC(C=O)O1. The molecule has 0 spiro atoms. The molecule has 0 fully saturated rings. The van der Waals surface area contributed by atoms with Crippen LogP contribution in [0.25, 0.3) is 0 Å². The monoisotopic (exact) mass is 162 g/mol. The molecule has 1 unspecified atom stereocenters. The van der Waals surface area contributed by atoms with Crippen molar-refractivity contribution < 1.29 is 14.3 Å². The zero-order valence-electron chi connectivity index (χ0n) is 5.46. The zero-order chi connectivity index (χ0) is 7.56. The van der Waals surface area contributed by atoms with Crippen LogP contribution < -0.4 is 0 Å². The smallest absolute Gasteiger partial charge is 0.297 e. The van der Waals surface area contributed by atoms with Gasteiger partial charge < -0.3 is 9.47 Å². The summed E-state index contributed by atoms with van der Waals surface area (Å²) in [7, 11) is 0. The molecule has 0 aromatic rings. The molecule has 0 N–H and O–H groups in total. The first kappa shape index (κ1) is 7.41. The van der Waals surface area contributed by atoms with Gasteiger partial charge in [0, 0.05) is 0 Å². The maximum atomic E-state index is 10.1. The van der Waals surface area contributed by atoms with Gasteiger partial charge in [-0.15, -0.1) is 11.6 Å². The lowest BCUT2D eigenvalue weighted by Gasteiger charge is -2.01. The van der Waals surface area contributed by atoms with E-state index in [0.717, 1.165) is 0 Å². The Morgan fingerprint density at radius 3 is 2.70 bits per heavy atom. The molecule has 0 aromatic heterocycles. The lowest BCUT2D eigenvalue weighted by Crippen LogP contribution is -2.09. The van der Waals surface area contributed by atoms with E-state index in [0.29, 0.717) is 17.8 Å². The van der Waals surface area contributed by atoms with E-state index < -0.39 is 6.29 Å². The molecule has 1 heterocycles. The van der Waals surface area contributed by atoms with Gasteiger partial charge in [0.05, 0.1) is 5.88 Å². The summed E-state index contributed by atoms with van der Waals surface area (Å²) in [6, 6.07) is 0. The Morgan fingerprint density at radius 1 is 1.70 bits per heavy atom. The van der Waals surface area contributed by atoms with Crippen LogP contribution in [0.2, 0.25) is 0 Å². The fourth-order valence-electron chi connectivity index (χ4n) is 0.668. The molecule has 0 amide bonds. The minimum atomic E-state index is -0.784. The summed E-state index contributed by atoms with van der Waals surface area (Å²) in [6.07, 6.45) is -0.197. The third-order valence-corrected chi connectivity index (χ3v) is 1.42. The van der Waals surface area contributed by atoms with E-state index in [-0.39, 0.29) is 5.88 Å². The van der Waals surface area contributed by atoms with Gasteiger partial charge in [0.1, 0.15) is 5.76 Å². The van der Waals surface area contributed by atoms with Gasteiger partial charge in [-0.25, -0.2) is 0 Å². The molecular formula is C6H7ClO3. The van der Waals surface area contributed by atoms with E-state index in [9.17, 15) is 4.79 Å². The molecule has 10 heavy (non-hydrogen) atoms. The van der Waals surface area contributed by atoms with E-state index in [2.05, 4.69) is 0 Å². The second kappa shape index (κ2) is 2.92. The molecule has 0 saturated carbocycles. The number of hydrogen-bond acceptors (Lipinski definition) is 3. The van der Waals surface area contributed by atoms with Gasteiger partial charge in [-0.2, -0.15) is 0 Å². The minimum Gasteiger partial charge on any atom is -0.449 e. The van der Waals surface area contributed by atoms with Crippen molar-refractivity contribution in [3.8, 4) is 0 Å². The highest BCUT2D eigenvalue weighted by molar-refractivity contribution is 6.19. The van der Waals surface area contributed by atoms with Crippen LogP contribution in [-0.4, -0.2) is 18.5 Å². The highest BCUT2D eigenvalue weighted by Crippen LogP contribution is 2.20. The van der Waals surface area contributed by atoms with Crippen molar-refractivity contribution in [2.45, 2.75) is 13.2 Å². The van der Waals surface area contributed by atoms with Gasteiger partial charge in [-0.05, 0) is 6.92 Å². The third kappa shape index (κ3) is 1.24. The summed E-state index contributed by atoms with van der Waals surface area (Å²) in [5.41, 5.74) is 0. The minimum absolute atomic E-state index is 0.246. The van der Waals surface area contributed by atoms with Gasteiger partial charge in [-0.1, -0.05) is 0 Å². The van der Waals surface area contributed by atoms with Crippen LogP contribution >= 0.6 is 11.6 Å². The summed E-state index contributed by atoms with van der Waals surface area (Å²) < 4.78 is 9.85. The lowest BCUT2D eigenvalue weighted by molar-refractivity contribution is -0.130. The number of ether oxygens (including phenoxy) is 2. The molecule has 1 rings (SSSR count). The molecule has 0 aliphatic carbocycles. The predicted molar refractivity (Wildman–Crippen MR) is 35.4 cm³/mol. The van der Waals surface area contributed by atoms with Crippen LogP contribution in [-0.2, 0) is 14.3 Å². The van der Waals surface area contributed by atoms with E-state index in [1.54, 1.807) is 6.92 Å². The molecule has 56 valence electrons. The highest BCUT2D eigenvalue weighted by atomic mass is 35.5. The maximum absolute atomic E-state index is 10.1. The fourth-order valence-corrected chi connectivity index (χ4v) is 0.920. The number of halogens is 1. The van der Waals surface area contributed by atoms with Crippen molar-refractivity contribution in [3.63, 3.8) is 0 Å². The third-order valence-electron chi connectivity index (χ3n) is 1.18. The second-order valence-electron chi connectivity index (χ2n) is 1.85. The average molecular weight is 163 g/mol. The molecule has 0 saturated heterocycles. The van der Waals surface area contributed by atoms with Crippen molar-refractivity contribution in [1.82, 2.24) is 0 Å². The summed E-state index contributed by atoms with van der Waals surface area (Å²) in [5, 5.41) is 0. The predicted octanol–water partition coefficient (Wildman–Crippen LogP) is 1.03. The molecule has 0 bridgehead atoms. The number of carbonyl (C=O) groups is 1. The largest absolute Gasteiger partial charge is 0.449 e. The number of carbonyl (C=O) groups excluding carboxylic acids is 1. The number of rotatable bonds is 2. The van der Waals surface area contributed by atoms with E-state index in [4.69, 9.17) is 21.1 Å². The molecular weight excluding hydrogens is 156 g/mol. The van der Waals surface area contributed by atoms with Crippen LogP contribution in [0.1, 0.15) is 6.92 Å². The average Bonchev–Trinajstić information content (AvgIpc) is 2.30. The standard InChI is InChI=1S/C6H7ClO3/c1-4-5(2-7)10-6(3-8)9-4/h3,6H,2H2,1H3. The Hall–Kier alpha value is -0.700. The number of allylic oxidation sites excluding steroid dienone is 2. The van der Waals surface area contributed by atoms with Crippen molar-refractivity contribution in [3.05, 3.63) is 11.5 Å². The van der Waals surface area contributed by atoms with Gasteiger partial charge in [0.25, 0.3) is 6.29 Å². The number of hydrogen-bond donors (Lipinski definition) is 0. The van der Waals surface area contributed by atoms with E-state index in [1.165, 1.54) is 0 Å². The summed E-state index contributed by atoms with van der Waals surface area (Å²) in [5.74, 6) is 1.38. The molecule has 0 radical (unpaired) electrons. The van der Waals surface area contributed by atoms with Gasteiger partial charge in [0.15, 0.2) is 5.76 Å². The first-order valence-electron chi connectivity index (χ1n) is 2.82. The molecule has 1 atom stereocenters. The Balaban J connectivity index is 2.58. The van der Waals surface area contributed by atoms with Crippen LogP contribution in [0, 0.1) is 0 Å². The fraction of sp³-hybridized carbons (Fsp3) is 0.500. The first-order valence-corrected chi connectivity index (χ1v) is 3.35. The molecule has 0 aromatic carbocycles. The Labute approximate surface area is 63.6 Å². The Morgan fingerprint density at radius 2 is 2.40 bits per heavy atom. The molecule has 1 aliphatic rings. The highest BCUT2D eigenvalue weighted by Gasteiger charge is 2.22. The van der Waals surface area contributed by atoms with E-state index in [1.807, 2.05) is 0 Å². The summed E-state index contributed by atoms with van der Waals surface area (Å²) in [4.78, 5) is 10.1. The van der Waals surface area contributed by atoms with Crippen LogP contribution in [0.3, 0.4) is 0 Å². The Kier molecular flexibility index (Phi) is 2.17. The van der Waals surface area contributed by atoms with Crippen molar-refractivity contribution in [1.29, 1.82) is 0 Å². The van der Waals surface area contributed by atoms with Gasteiger partial charge >= 0.3 is 0 Å². The molecule has 1 aliphatic heterocycles. The topological polar surface area (TPSA) is 35.5 Å². The Bertz CT molecular complexity index is 176. The van der Waals surface area contributed by atoms with Crippen LogP contribution in [0.4, 0.5) is 0 Å². The van der Waals surface area contributed by atoms with Crippen LogP contribution in [0.5, 0.6) is 0 Å². The lowest BCUT2D eigenvalue weighted by atomic mass is 10.5. The van der Waals surface area contributed by atoms with Crippen molar-refractivity contribution in [2.24, 2.45) is 0 Å². The number of alkyl halides is 1. The quantitative estimate of drug-likeness (QED) is 0.450. The van der Waals surface area contributed by atoms with Gasteiger partial charge in [0.2, 0.25) is 6.29 Å². The second-order valence-corrected chi connectivity index (χ2v) is 2.12. The maximum Gasteiger partial charge on any atom is 0.297 e. The molecule has 4 heteroatoms. The first-order chi connectivity index (χ1) is 4.77. The van der Waals surface area contributed by atoms with E-state index >= 15 is 0 Å². The normalized spacial score (nSPS) is 24.0. The summed E-state index contributed by atoms with van der Waals surface area (Å²) in [6.45, 7) is 1.71. The van der Waals surface area contributed by atoms with Gasteiger partial charge in [-0.3, -0.25) is 4.79 Å². The zero-order valence-corrected chi connectivity index (χ0v) is 6.22. The summed E-state index contributed by atoms with van der Waals surface area (Å²) >= 11 is 5.45. The molecule has 3 nitrogen and oxygen atoms in total. The number of aldehydes is 1.